The van der Waals surface area contributed by atoms with Crippen LogP contribution in [0.5, 0.6) is 17.2 Å². The highest BCUT2D eigenvalue weighted by atomic mass is 16.5. The molecule has 7 nitrogen and oxygen atoms in total. The molecule has 1 fully saturated rings. The normalized spacial score (nSPS) is 17.0. The summed E-state index contributed by atoms with van der Waals surface area (Å²) < 4.78 is 16.1. The highest BCUT2D eigenvalue weighted by Gasteiger charge is 2.25. The van der Waals surface area contributed by atoms with E-state index >= 15 is 0 Å². The molecule has 0 atom stereocenters. The van der Waals surface area contributed by atoms with Crippen LogP contribution in [-0.4, -0.2) is 81.2 Å². The Hall–Kier alpha value is -2.77. The van der Waals surface area contributed by atoms with Gasteiger partial charge < -0.3 is 19.1 Å². The Morgan fingerprint density at radius 3 is 2.06 bits per heavy atom. The number of methoxy groups -OCH3 is 3. The van der Waals surface area contributed by atoms with Gasteiger partial charge in [-0.3, -0.25) is 14.6 Å². The first-order valence-electron chi connectivity index (χ1n) is 11.2. The van der Waals surface area contributed by atoms with Gasteiger partial charge in [0.15, 0.2) is 11.5 Å². The van der Waals surface area contributed by atoms with Crippen molar-refractivity contribution in [1.82, 2.24) is 14.7 Å². The van der Waals surface area contributed by atoms with Gasteiger partial charge in [0.25, 0.3) is 0 Å². The maximum atomic E-state index is 13.0. The molecule has 0 spiro atoms. The molecule has 1 amide bonds. The smallest absolute Gasteiger partial charge is 0.237 e. The average Bonchev–Trinajstić information content (AvgIpc) is 2.84. The fourth-order valence-electron chi connectivity index (χ4n) is 4.48. The van der Waals surface area contributed by atoms with Crippen LogP contribution >= 0.6 is 0 Å². The van der Waals surface area contributed by atoms with Crippen LogP contribution in [0.2, 0.25) is 0 Å². The lowest BCUT2D eigenvalue weighted by Gasteiger charge is -2.36. The summed E-state index contributed by atoms with van der Waals surface area (Å²) in [6.45, 7) is 6.57. The summed E-state index contributed by atoms with van der Waals surface area (Å²) in [5.41, 5.74) is 3.67. The quantitative estimate of drug-likeness (QED) is 0.661. The van der Waals surface area contributed by atoms with Gasteiger partial charge in [0.1, 0.15) is 5.75 Å². The number of benzene rings is 2. The van der Waals surface area contributed by atoms with Crippen LogP contribution in [-0.2, 0) is 24.3 Å². The van der Waals surface area contributed by atoms with Gasteiger partial charge in [0.2, 0.25) is 5.91 Å². The molecule has 1 saturated heterocycles. The Morgan fingerprint density at radius 2 is 1.44 bits per heavy atom. The molecular weight excluding hydrogens is 406 g/mol. The largest absolute Gasteiger partial charge is 0.497 e. The van der Waals surface area contributed by atoms with Crippen molar-refractivity contribution >= 4 is 5.91 Å². The number of fused-ring (bicyclic) bond motifs is 1. The molecule has 2 heterocycles. The zero-order valence-electron chi connectivity index (χ0n) is 19.3. The first-order valence-corrected chi connectivity index (χ1v) is 11.2. The predicted octanol–water partition coefficient (Wildman–Crippen LogP) is 2.41. The van der Waals surface area contributed by atoms with E-state index in [-0.39, 0.29) is 5.91 Å². The Morgan fingerprint density at radius 1 is 0.812 bits per heavy atom. The van der Waals surface area contributed by atoms with Gasteiger partial charge in [-0.2, -0.15) is 0 Å². The third-order valence-corrected chi connectivity index (χ3v) is 6.46. The van der Waals surface area contributed by atoms with E-state index in [1.807, 2.05) is 29.2 Å². The lowest BCUT2D eigenvalue weighted by molar-refractivity contribution is -0.133. The van der Waals surface area contributed by atoms with Crippen LogP contribution in [0.15, 0.2) is 36.4 Å². The molecule has 32 heavy (non-hydrogen) atoms. The van der Waals surface area contributed by atoms with E-state index in [2.05, 4.69) is 21.9 Å². The van der Waals surface area contributed by atoms with Crippen molar-refractivity contribution in [2.75, 3.05) is 60.6 Å². The van der Waals surface area contributed by atoms with Gasteiger partial charge in [-0.1, -0.05) is 12.1 Å². The van der Waals surface area contributed by atoms with Crippen LogP contribution in [0.1, 0.15) is 16.7 Å². The van der Waals surface area contributed by atoms with E-state index in [9.17, 15) is 4.79 Å². The van der Waals surface area contributed by atoms with E-state index in [1.165, 1.54) is 11.1 Å². The van der Waals surface area contributed by atoms with E-state index in [0.717, 1.165) is 62.8 Å². The molecule has 2 aliphatic heterocycles. The third kappa shape index (κ3) is 5.16. The molecule has 0 unspecified atom stereocenters. The Bertz CT molecular complexity index is 924. The number of hydrogen-bond donors (Lipinski definition) is 0. The lowest BCUT2D eigenvalue weighted by atomic mass is 9.98. The second-order valence-electron chi connectivity index (χ2n) is 8.44. The lowest BCUT2D eigenvalue weighted by Crippen LogP contribution is -2.50. The van der Waals surface area contributed by atoms with E-state index in [4.69, 9.17) is 14.2 Å². The van der Waals surface area contributed by atoms with Gasteiger partial charge in [-0.05, 0) is 47.4 Å². The van der Waals surface area contributed by atoms with Crippen LogP contribution in [0.3, 0.4) is 0 Å². The summed E-state index contributed by atoms with van der Waals surface area (Å²) in [4.78, 5) is 19.7. The first kappa shape index (κ1) is 22.4. The average molecular weight is 440 g/mol. The number of carbonyl (C=O) groups excluding carboxylic acids is 1. The molecule has 2 aromatic rings. The molecule has 2 aromatic carbocycles. The predicted molar refractivity (Wildman–Crippen MR) is 123 cm³/mol. The minimum absolute atomic E-state index is 0.203. The number of piperazine rings is 1. The summed E-state index contributed by atoms with van der Waals surface area (Å²) in [7, 11) is 4.98. The summed E-state index contributed by atoms with van der Waals surface area (Å²) in [6.07, 6.45) is 0.844. The molecule has 0 saturated carbocycles. The molecular formula is C25H33N3O4. The summed E-state index contributed by atoms with van der Waals surface area (Å²) in [5, 5.41) is 0. The fraction of sp³-hybridized carbons (Fsp3) is 0.480. The van der Waals surface area contributed by atoms with Gasteiger partial charge in [-0.15, -0.1) is 0 Å². The van der Waals surface area contributed by atoms with Crippen LogP contribution in [0.4, 0.5) is 0 Å². The molecule has 2 aliphatic rings. The van der Waals surface area contributed by atoms with E-state index in [1.54, 1.807) is 21.3 Å². The molecule has 0 aromatic heterocycles. The second-order valence-corrected chi connectivity index (χ2v) is 8.44. The molecule has 7 heteroatoms. The van der Waals surface area contributed by atoms with E-state index < -0.39 is 0 Å². The zero-order chi connectivity index (χ0) is 22.5. The zero-order valence-corrected chi connectivity index (χ0v) is 19.3. The van der Waals surface area contributed by atoms with Crippen molar-refractivity contribution in [2.24, 2.45) is 0 Å². The molecule has 0 aliphatic carbocycles. The number of carbonyl (C=O) groups is 1. The molecule has 0 N–H and O–H groups in total. The Labute approximate surface area is 190 Å². The highest BCUT2D eigenvalue weighted by molar-refractivity contribution is 5.78. The van der Waals surface area contributed by atoms with Crippen molar-refractivity contribution < 1.29 is 19.0 Å². The molecule has 0 radical (unpaired) electrons. The van der Waals surface area contributed by atoms with Gasteiger partial charge in [-0.25, -0.2) is 0 Å². The number of amides is 1. The highest BCUT2D eigenvalue weighted by Crippen LogP contribution is 2.33. The number of hydrogen-bond acceptors (Lipinski definition) is 6. The first-order chi connectivity index (χ1) is 15.6. The minimum atomic E-state index is 0.203. The maximum absolute atomic E-state index is 13.0. The van der Waals surface area contributed by atoms with Crippen molar-refractivity contribution in [3.63, 3.8) is 0 Å². The SMILES string of the molecule is COc1ccc(CN2CCN(CC(=O)N3CCc4cc(OC)c(OC)cc4C3)CC2)cc1. The minimum Gasteiger partial charge on any atom is -0.497 e. The van der Waals surface area contributed by atoms with Gasteiger partial charge >= 0.3 is 0 Å². The van der Waals surface area contributed by atoms with Crippen molar-refractivity contribution in [2.45, 2.75) is 19.5 Å². The van der Waals surface area contributed by atoms with E-state index in [0.29, 0.717) is 18.8 Å². The third-order valence-electron chi connectivity index (χ3n) is 6.46. The number of nitrogens with zero attached hydrogens (tertiary/aromatic N) is 3. The Balaban J connectivity index is 1.27. The number of rotatable bonds is 7. The molecule has 4 rings (SSSR count). The van der Waals surface area contributed by atoms with Gasteiger partial charge in [0, 0.05) is 45.8 Å². The standard InChI is InChI=1S/C25H33N3O4/c1-30-22-6-4-19(5-7-22)16-26-10-12-27(13-11-26)18-25(29)28-9-8-20-14-23(31-2)24(32-3)15-21(20)17-28/h4-7,14-15H,8-13,16-18H2,1-3H3. The van der Waals surface area contributed by atoms with Crippen molar-refractivity contribution in [3.05, 3.63) is 53.1 Å². The van der Waals surface area contributed by atoms with Gasteiger partial charge in [0.05, 0.1) is 27.9 Å². The van der Waals surface area contributed by atoms with Crippen molar-refractivity contribution in [3.8, 4) is 17.2 Å². The summed E-state index contributed by atoms with van der Waals surface area (Å²) in [6, 6.07) is 12.3. The monoisotopic (exact) mass is 439 g/mol. The maximum Gasteiger partial charge on any atom is 0.237 e. The van der Waals surface area contributed by atoms with Crippen LogP contribution in [0, 0.1) is 0 Å². The molecule has 0 bridgehead atoms. The summed E-state index contributed by atoms with van der Waals surface area (Å²) in [5.74, 6) is 2.55. The fourth-order valence-corrected chi connectivity index (χ4v) is 4.48. The topological polar surface area (TPSA) is 54.5 Å². The van der Waals surface area contributed by atoms with Crippen LogP contribution in [0.25, 0.3) is 0 Å². The van der Waals surface area contributed by atoms with Crippen LogP contribution < -0.4 is 14.2 Å². The summed E-state index contributed by atoms with van der Waals surface area (Å²) >= 11 is 0. The number of ether oxygens (including phenoxy) is 3. The Kier molecular flexibility index (Phi) is 7.17. The second kappa shape index (κ2) is 10.2. The molecule has 172 valence electrons. The van der Waals surface area contributed by atoms with Crippen molar-refractivity contribution in [1.29, 1.82) is 0 Å².